The summed E-state index contributed by atoms with van der Waals surface area (Å²) in [5.41, 5.74) is 1.16. The molecule has 3 nitrogen and oxygen atoms in total. The number of hydrogen-bond acceptors (Lipinski definition) is 2. The van der Waals surface area contributed by atoms with Crippen LogP contribution in [0.2, 0.25) is 0 Å². The van der Waals surface area contributed by atoms with Gasteiger partial charge in [-0.15, -0.1) is 0 Å². The van der Waals surface area contributed by atoms with E-state index in [-0.39, 0.29) is 11.5 Å². The Balaban J connectivity index is 2.22. The van der Waals surface area contributed by atoms with E-state index in [1.807, 2.05) is 39.2 Å². The summed E-state index contributed by atoms with van der Waals surface area (Å²) in [5.74, 6) is 0. The van der Waals surface area contributed by atoms with Crippen LogP contribution in [0, 0.1) is 5.41 Å². The average Bonchev–Trinajstić information content (AvgIpc) is 2.55. The highest BCUT2D eigenvalue weighted by atomic mass is 16.3. The predicted octanol–water partition coefficient (Wildman–Crippen LogP) is 1.51. The lowest BCUT2D eigenvalue weighted by atomic mass is 9.89. The summed E-state index contributed by atoms with van der Waals surface area (Å²) < 4.78 is 0. The van der Waals surface area contributed by atoms with Crippen molar-refractivity contribution in [2.45, 2.75) is 33.4 Å². The van der Waals surface area contributed by atoms with Gasteiger partial charge in [-0.05, 0) is 17.0 Å². The van der Waals surface area contributed by atoms with Crippen molar-refractivity contribution in [3.05, 3.63) is 24.0 Å². The Morgan fingerprint density at radius 2 is 2.21 bits per heavy atom. The van der Waals surface area contributed by atoms with Crippen LogP contribution in [0.1, 0.15) is 26.3 Å². The van der Waals surface area contributed by atoms with Crippen molar-refractivity contribution in [2.24, 2.45) is 5.41 Å². The van der Waals surface area contributed by atoms with Gasteiger partial charge >= 0.3 is 0 Å². The molecule has 0 spiro atoms. The smallest absolute Gasteiger partial charge is 0.0712 e. The minimum Gasteiger partial charge on any atom is -0.391 e. The minimum absolute atomic E-state index is 0.0505. The predicted molar refractivity (Wildman–Crippen MR) is 58.0 cm³/mol. The Kier molecular flexibility index (Phi) is 3.72. The van der Waals surface area contributed by atoms with Gasteiger partial charge in [-0.25, -0.2) is 0 Å². The van der Waals surface area contributed by atoms with Gasteiger partial charge in [0.05, 0.1) is 6.10 Å². The SMILES string of the molecule is CC(C)(C)C(O)CNCc1cc[nH]c1. The summed E-state index contributed by atoms with van der Waals surface area (Å²) in [6.45, 7) is 7.55. The van der Waals surface area contributed by atoms with Crippen molar-refractivity contribution in [3.8, 4) is 0 Å². The van der Waals surface area contributed by atoms with Gasteiger partial charge in [-0.2, -0.15) is 0 Å². The normalized spacial score (nSPS) is 14.3. The Bertz CT molecular complexity index is 249. The molecule has 0 aliphatic heterocycles. The van der Waals surface area contributed by atoms with E-state index >= 15 is 0 Å². The maximum Gasteiger partial charge on any atom is 0.0712 e. The molecule has 0 radical (unpaired) electrons. The third kappa shape index (κ3) is 3.52. The maximum absolute atomic E-state index is 9.74. The molecule has 1 rings (SSSR count). The third-order valence-electron chi connectivity index (χ3n) is 2.33. The molecule has 1 atom stereocenters. The summed E-state index contributed by atoms with van der Waals surface area (Å²) in [4.78, 5) is 3.00. The highest BCUT2D eigenvalue weighted by Crippen LogP contribution is 2.18. The van der Waals surface area contributed by atoms with Crippen molar-refractivity contribution in [1.82, 2.24) is 10.3 Å². The van der Waals surface area contributed by atoms with Crippen LogP contribution >= 0.6 is 0 Å². The standard InChI is InChI=1S/C11H20N2O/c1-11(2,3)10(14)8-13-7-9-4-5-12-6-9/h4-6,10,12-14H,7-8H2,1-3H3. The maximum atomic E-state index is 9.74. The number of aromatic amines is 1. The van der Waals surface area contributed by atoms with Gasteiger partial charge in [0.15, 0.2) is 0 Å². The molecule has 1 aromatic rings. The van der Waals surface area contributed by atoms with Gasteiger partial charge in [0.2, 0.25) is 0 Å². The van der Waals surface area contributed by atoms with Crippen molar-refractivity contribution in [1.29, 1.82) is 0 Å². The Morgan fingerprint density at radius 3 is 2.71 bits per heavy atom. The summed E-state index contributed by atoms with van der Waals surface area (Å²) in [5, 5.41) is 13.0. The van der Waals surface area contributed by atoms with Gasteiger partial charge in [-0.3, -0.25) is 0 Å². The first-order valence-electron chi connectivity index (χ1n) is 5.00. The molecule has 80 valence electrons. The Labute approximate surface area is 85.5 Å². The highest BCUT2D eigenvalue weighted by molar-refractivity contribution is 5.07. The summed E-state index contributed by atoms with van der Waals surface area (Å²) in [6, 6.07) is 2.02. The van der Waals surface area contributed by atoms with E-state index in [2.05, 4.69) is 10.3 Å². The number of nitrogens with one attached hydrogen (secondary N) is 2. The fraction of sp³-hybridized carbons (Fsp3) is 0.636. The van der Waals surface area contributed by atoms with E-state index < -0.39 is 0 Å². The van der Waals surface area contributed by atoms with Gasteiger partial charge in [-0.1, -0.05) is 20.8 Å². The molecular formula is C11H20N2O. The van der Waals surface area contributed by atoms with Crippen LogP contribution in [0.15, 0.2) is 18.5 Å². The second kappa shape index (κ2) is 4.62. The van der Waals surface area contributed by atoms with Crippen LogP contribution in [0.25, 0.3) is 0 Å². The average molecular weight is 196 g/mol. The lowest BCUT2D eigenvalue weighted by molar-refractivity contribution is 0.0628. The van der Waals surface area contributed by atoms with Gasteiger partial charge in [0.1, 0.15) is 0 Å². The molecule has 0 saturated carbocycles. The van der Waals surface area contributed by atoms with E-state index in [0.29, 0.717) is 6.54 Å². The zero-order chi connectivity index (χ0) is 10.6. The molecular weight excluding hydrogens is 176 g/mol. The number of aliphatic hydroxyl groups excluding tert-OH is 1. The molecule has 0 saturated heterocycles. The monoisotopic (exact) mass is 196 g/mol. The van der Waals surface area contributed by atoms with E-state index in [9.17, 15) is 5.11 Å². The molecule has 0 fully saturated rings. The van der Waals surface area contributed by atoms with Crippen LogP contribution in [-0.2, 0) is 6.54 Å². The lowest BCUT2D eigenvalue weighted by Gasteiger charge is -2.25. The zero-order valence-corrected chi connectivity index (χ0v) is 9.17. The van der Waals surface area contributed by atoms with Crippen molar-refractivity contribution in [3.63, 3.8) is 0 Å². The van der Waals surface area contributed by atoms with E-state index in [1.54, 1.807) is 0 Å². The molecule has 0 aromatic carbocycles. The largest absolute Gasteiger partial charge is 0.391 e. The zero-order valence-electron chi connectivity index (χ0n) is 9.17. The van der Waals surface area contributed by atoms with E-state index in [1.165, 1.54) is 5.56 Å². The lowest BCUT2D eigenvalue weighted by Crippen LogP contribution is -2.36. The number of rotatable bonds is 4. The number of hydrogen-bond donors (Lipinski definition) is 3. The molecule has 0 aliphatic rings. The van der Waals surface area contributed by atoms with Crippen LogP contribution in [0.4, 0.5) is 0 Å². The van der Waals surface area contributed by atoms with Gasteiger partial charge < -0.3 is 15.4 Å². The fourth-order valence-corrected chi connectivity index (χ4v) is 1.13. The first-order chi connectivity index (χ1) is 6.50. The van der Waals surface area contributed by atoms with E-state index in [4.69, 9.17) is 0 Å². The van der Waals surface area contributed by atoms with Crippen LogP contribution in [0.3, 0.4) is 0 Å². The summed E-state index contributed by atoms with van der Waals surface area (Å²) in [6.07, 6.45) is 3.55. The molecule has 0 amide bonds. The Morgan fingerprint density at radius 1 is 1.50 bits per heavy atom. The van der Waals surface area contributed by atoms with E-state index in [0.717, 1.165) is 6.54 Å². The molecule has 0 bridgehead atoms. The topological polar surface area (TPSA) is 48.0 Å². The first kappa shape index (κ1) is 11.3. The minimum atomic E-state index is -0.304. The molecule has 3 N–H and O–H groups in total. The molecule has 1 unspecified atom stereocenters. The number of aliphatic hydroxyl groups is 1. The van der Waals surface area contributed by atoms with Crippen molar-refractivity contribution >= 4 is 0 Å². The van der Waals surface area contributed by atoms with Crippen molar-refractivity contribution in [2.75, 3.05) is 6.54 Å². The highest BCUT2D eigenvalue weighted by Gasteiger charge is 2.21. The quantitative estimate of drug-likeness (QED) is 0.683. The molecule has 1 heterocycles. The molecule has 0 aliphatic carbocycles. The molecule has 14 heavy (non-hydrogen) atoms. The number of aromatic nitrogens is 1. The van der Waals surface area contributed by atoms with Crippen LogP contribution in [-0.4, -0.2) is 22.7 Å². The Hall–Kier alpha value is -0.800. The van der Waals surface area contributed by atoms with Gasteiger partial charge in [0, 0.05) is 25.5 Å². The van der Waals surface area contributed by atoms with Gasteiger partial charge in [0.25, 0.3) is 0 Å². The fourth-order valence-electron chi connectivity index (χ4n) is 1.13. The third-order valence-corrected chi connectivity index (χ3v) is 2.33. The van der Waals surface area contributed by atoms with Crippen LogP contribution < -0.4 is 5.32 Å². The first-order valence-corrected chi connectivity index (χ1v) is 5.00. The second-order valence-electron chi connectivity index (χ2n) is 4.73. The second-order valence-corrected chi connectivity index (χ2v) is 4.73. The van der Waals surface area contributed by atoms with Crippen molar-refractivity contribution < 1.29 is 5.11 Å². The summed E-state index contributed by atoms with van der Waals surface area (Å²) in [7, 11) is 0. The molecule has 1 aromatic heterocycles. The summed E-state index contributed by atoms with van der Waals surface area (Å²) >= 11 is 0. The number of H-pyrrole nitrogens is 1. The van der Waals surface area contributed by atoms with Crippen LogP contribution in [0.5, 0.6) is 0 Å². The molecule has 3 heteroatoms.